The first-order valence-corrected chi connectivity index (χ1v) is 13.7. The van der Waals surface area contributed by atoms with Crippen molar-refractivity contribution >= 4 is 66.9 Å². The third-order valence-corrected chi connectivity index (χ3v) is 7.94. The summed E-state index contributed by atoms with van der Waals surface area (Å²) >= 11 is 0. The summed E-state index contributed by atoms with van der Waals surface area (Å²) in [6, 6.07) is 22.1. The summed E-state index contributed by atoms with van der Waals surface area (Å²) in [6.07, 6.45) is 0. The topological polar surface area (TPSA) is 210 Å². The molecule has 0 atom stereocenters. The van der Waals surface area contributed by atoms with E-state index < -0.39 is 0 Å². The van der Waals surface area contributed by atoms with Crippen molar-refractivity contribution in [3.05, 3.63) is 72.8 Å². The minimum Gasteiger partial charge on any atom is -0.398 e. The molecule has 13 heteroatoms. The van der Waals surface area contributed by atoms with Crippen LogP contribution in [-0.2, 0) is 17.1 Å². The van der Waals surface area contributed by atoms with Crippen LogP contribution in [0.2, 0.25) is 0 Å². The molecule has 2 aliphatic rings. The van der Waals surface area contributed by atoms with Gasteiger partial charge in [-0.25, -0.2) is 9.97 Å². The first-order chi connectivity index (χ1) is 21.4. The second-order valence-corrected chi connectivity index (χ2v) is 10.6. The van der Waals surface area contributed by atoms with E-state index in [4.69, 9.17) is 62.8 Å². The summed E-state index contributed by atoms with van der Waals surface area (Å²) in [5, 5.41) is 2.70. The van der Waals surface area contributed by atoms with Gasteiger partial charge in [-0.2, -0.15) is 0 Å². The molecule has 8 bridgehead atoms. The first-order valence-electron chi connectivity index (χ1n) is 13.7. The zero-order chi connectivity index (χ0) is 29.7. The van der Waals surface area contributed by atoms with Crippen molar-refractivity contribution in [3.8, 4) is 45.6 Å². The maximum absolute atomic E-state index is 6.47. The van der Waals surface area contributed by atoms with E-state index in [1.165, 1.54) is 0 Å². The van der Waals surface area contributed by atoms with Gasteiger partial charge in [0.1, 0.15) is 0 Å². The van der Waals surface area contributed by atoms with Crippen LogP contribution in [0.3, 0.4) is 0 Å². The Labute approximate surface area is 264 Å². The van der Waals surface area contributed by atoms with Gasteiger partial charge in [0.2, 0.25) is 0 Å². The molecule has 0 amide bonds. The van der Waals surface area contributed by atoms with Gasteiger partial charge < -0.3 is 52.8 Å². The van der Waals surface area contributed by atoms with Crippen LogP contribution in [0.5, 0.6) is 0 Å². The van der Waals surface area contributed by atoms with Gasteiger partial charge >= 0.3 is 17.1 Å². The van der Waals surface area contributed by atoms with E-state index in [2.05, 4.69) is 0 Å². The fourth-order valence-corrected chi connectivity index (χ4v) is 5.96. The Hall–Kier alpha value is -6.04. The summed E-state index contributed by atoms with van der Waals surface area (Å²) < 4.78 is 0. The van der Waals surface area contributed by atoms with E-state index in [1.54, 1.807) is 24.3 Å². The van der Waals surface area contributed by atoms with E-state index in [0.717, 1.165) is 0 Å². The molecule has 12 nitrogen and oxygen atoms in total. The van der Waals surface area contributed by atoms with Crippen LogP contribution in [0.4, 0.5) is 22.7 Å². The maximum atomic E-state index is 6.47. The number of nitrogens with two attached hydrogens (primary N) is 4. The Bertz CT molecular complexity index is 2390. The van der Waals surface area contributed by atoms with Crippen LogP contribution >= 0.6 is 0 Å². The van der Waals surface area contributed by atoms with Crippen molar-refractivity contribution < 1.29 is 17.1 Å². The van der Waals surface area contributed by atoms with E-state index in [0.29, 0.717) is 112 Å². The molecule has 216 valence electrons. The van der Waals surface area contributed by atoms with Crippen LogP contribution in [0.25, 0.3) is 89.7 Å². The van der Waals surface area contributed by atoms with Crippen molar-refractivity contribution in [2.24, 2.45) is 0 Å². The van der Waals surface area contributed by atoms with Gasteiger partial charge in [-0.15, -0.1) is 0 Å². The van der Waals surface area contributed by atoms with E-state index in [9.17, 15) is 0 Å². The average molecular weight is 628 g/mol. The van der Waals surface area contributed by atoms with Gasteiger partial charge in [0.25, 0.3) is 0 Å². The summed E-state index contributed by atoms with van der Waals surface area (Å²) in [7, 11) is 0. The molecular weight excluding hydrogens is 608 g/mol. The number of anilines is 4. The average Bonchev–Trinajstić information content (AvgIpc) is 3.74. The maximum Gasteiger partial charge on any atom is 2.00 e. The molecule has 0 aliphatic carbocycles. The largest absolute Gasteiger partial charge is 2.00 e. The Morgan fingerprint density at radius 3 is 1.22 bits per heavy atom. The summed E-state index contributed by atoms with van der Waals surface area (Å²) in [5.41, 5.74) is 32.1. The Balaban J connectivity index is 0.00000300. The van der Waals surface area contributed by atoms with Gasteiger partial charge in [-0.3, -0.25) is 0 Å². The number of nitrogen functional groups attached to an aromatic ring is 4. The monoisotopic (exact) mass is 628 g/mol. The van der Waals surface area contributed by atoms with Crippen LogP contribution in [0.1, 0.15) is 0 Å². The number of benzene rings is 4. The zero-order valence-corrected chi connectivity index (χ0v) is 24.3. The van der Waals surface area contributed by atoms with Crippen LogP contribution in [-0.4, -0.2) is 29.9 Å². The molecule has 0 fully saturated rings. The van der Waals surface area contributed by atoms with Crippen LogP contribution in [0.15, 0.2) is 72.8 Å². The minimum atomic E-state index is 0. The van der Waals surface area contributed by atoms with Crippen molar-refractivity contribution in [2.75, 3.05) is 22.9 Å². The van der Waals surface area contributed by atoms with Crippen molar-refractivity contribution in [1.29, 1.82) is 0 Å². The fourth-order valence-electron chi connectivity index (χ4n) is 5.96. The molecule has 2 aliphatic heterocycles. The Kier molecular flexibility index (Phi) is 5.60. The molecule has 4 aromatic carbocycles. The van der Waals surface area contributed by atoms with Crippen molar-refractivity contribution in [1.82, 2.24) is 39.9 Å². The molecule has 5 heterocycles. The SMILES string of the molecule is Nc1cccc2c1-c1nc-2nc2[n-]c(nc3nc(nc4[n-]c(n1)c1cccc(N)c41)-c1cccc(N)c1-3)c1cccc(N)c21.[Fe+2]. The molecule has 3 aromatic heterocycles. The summed E-state index contributed by atoms with van der Waals surface area (Å²) in [6.45, 7) is 0. The van der Waals surface area contributed by atoms with Crippen LogP contribution in [0, 0.1) is 0 Å². The van der Waals surface area contributed by atoms with E-state index in [-0.39, 0.29) is 17.1 Å². The molecule has 9 rings (SSSR count). The number of hydrogen-bond acceptors (Lipinski definition) is 10. The number of hydrogen-bond donors (Lipinski definition) is 4. The number of aromatic nitrogens is 8. The molecule has 7 aromatic rings. The second-order valence-electron chi connectivity index (χ2n) is 10.6. The minimum absolute atomic E-state index is 0. The van der Waals surface area contributed by atoms with Gasteiger partial charge in [0, 0.05) is 78.4 Å². The Morgan fingerprint density at radius 1 is 0.400 bits per heavy atom. The number of fused-ring (bicyclic) bond motifs is 20. The fraction of sp³-hybridized carbons (Fsp3) is 0. The van der Waals surface area contributed by atoms with E-state index in [1.807, 2.05) is 48.5 Å². The van der Waals surface area contributed by atoms with Gasteiger partial charge in [0.15, 0.2) is 0 Å². The predicted molar refractivity (Wildman–Crippen MR) is 172 cm³/mol. The first kappa shape index (κ1) is 26.6. The summed E-state index contributed by atoms with van der Waals surface area (Å²) in [5.74, 6) is 1.49. The Morgan fingerprint density at radius 2 is 0.778 bits per heavy atom. The third-order valence-electron chi connectivity index (χ3n) is 7.94. The molecule has 0 saturated heterocycles. The van der Waals surface area contributed by atoms with Crippen molar-refractivity contribution in [3.63, 3.8) is 0 Å². The molecular formula is C32H20FeN12. The predicted octanol–water partition coefficient (Wildman–Crippen LogP) is 4.45. The standard InChI is InChI=1S/C32H20N12.Fe/c33-17-9-1-5-13-21(17)29-37-25(13)41-30-22-14(6-2-10-18(22)34)27(38-30)43-32-24-16(8-4-12-20(24)36)28(40-32)44-31-23-15(26(39-31)42-29)7-3-11-19(23)35;/h1-12H,33-36H2;/q-2;+2. The molecule has 0 unspecified atom stereocenters. The van der Waals surface area contributed by atoms with Gasteiger partial charge in [-0.05, 0) is 35.0 Å². The quantitative estimate of drug-likeness (QED) is 0.136. The number of nitrogens with zero attached hydrogens (tertiary/aromatic N) is 8. The smallest absolute Gasteiger partial charge is 0.398 e. The number of rotatable bonds is 0. The van der Waals surface area contributed by atoms with Crippen molar-refractivity contribution in [2.45, 2.75) is 0 Å². The third kappa shape index (κ3) is 3.78. The van der Waals surface area contributed by atoms with E-state index >= 15 is 0 Å². The zero-order valence-electron chi connectivity index (χ0n) is 23.2. The van der Waals surface area contributed by atoms with Gasteiger partial charge in [-0.1, -0.05) is 48.5 Å². The second kappa shape index (κ2) is 9.48. The molecule has 8 N–H and O–H groups in total. The van der Waals surface area contributed by atoms with Gasteiger partial charge in [0.05, 0.1) is 23.3 Å². The molecule has 0 saturated carbocycles. The summed E-state index contributed by atoms with van der Waals surface area (Å²) in [4.78, 5) is 38.9. The molecule has 0 radical (unpaired) electrons. The molecule has 0 spiro atoms. The normalized spacial score (nSPS) is 11.7. The van der Waals surface area contributed by atoms with Crippen LogP contribution < -0.4 is 32.9 Å². The molecule has 45 heavy (non-hydrogen) atoms.